The Hall–Kier alpha value is -3.88. The van der Waals surface area contributed by atoms with Gasteiger partial charge in [-0.2, -0.15) is 5.26 Å². The number of aromatic nitrogens is 1. The van der Waals surface area contributed by atoms with Crippen molar-refractivity contribution in [2.45, 2.75) is 38.1 Å². The van der Waals surface area contributed by atoms with E-state index in [0.717, 1.165) is 29.7 Å². The van der Waals surface area contributed by atoms with E-state index in [1.54, 1.807) is 14.2 Å². The second-order valence-electron chi connectivity index (χ2n) is 9.36. The average molecular weight is 486 g/mol. The van der Waals surface area contributed by atoms with Gasteiger partial charge in [0.1, 0.15) is 11.9 Å². The third kappa shape index (κ3) is 5.19. The van der Waals surface area contributed by atoms with Gasteiger partial charge in [-0.25, -0.2) is 4.98 Å². The Labute approximate surface area is 212 Å². The van der Waals surface area contributed by atoms with Crippen molar-refractivity contribution in [3.63, 3.8) is 0 Å². The third-order valence-corrected chi connectivity index (χ3v) is 6.86. The molecule has 1 aliphatic heterocycles. The van der Waals surface area contributed by atoms with Crippen LogP contribution in [0, 0.1) is 23.7 Å². The fourth-order valence-corrected chi connectivity index (χ4v) is 4.69. The number of pyridine rings is 1. The molecule has 1 aromatic carbocycles. The second kappa shape index (κ2) is 10.8. The normalized spacial score (nSPS) is 17.3. The van der Waals surface area contributed by atoms with E-state index < -0.39 is 5.91 Å². The van der Waals surface area contributed by atoms with Crippen molar-refractivity contribution in [2.24, 2.45) is 0 Å². The van der Waals surface area contributed by atoms with Crippen LogP contribution in [0.1, 0.15) is 43.4 Å². The van der Waals surface area contributed by atoms with Crippen LogP contribution in [-0.4, -0.2) is 68.1 Å². The van der Waals surface area contributed by atoms with Crippen LogP contribution < -0.4 is 9.80 Å². The largest absolute Gasteiger partial charge is 0.384 e. The minimum Gasteiger partial charge on any atom is -0.384 e. The number of benzene rings is 1. The summed E-state index contributed by atoms with van der Waals surface area (Å²) in [5.74, 6) is 2.82. The number of nitriles is 1. The first-order chi connectivity index (χ1) is 17.4. The molecule has 8 heteroatoms. The highest BCUT2D eigenvalue weighted by Crippen LogP contribution is 2.45. The summed E-state index contributed by atoms with van der Waals surface area (Å²) in [7, 11) is 3.24. The van der Waals surface area contributed by atoms with E-state index in [1.165, 1.54) is 4.90 Å². The Kier molecular flexibility index (Phi) is 7.57. The maximum Gasteiger partial charge on any atom is 0.302 e. The van der Waals surface area contributed by atoms with Gasteiger partial charge < -0.3 is 19.4 Å². The summed E-state index contributed by atoms with van der Waals surface area (Å²) in [6.45, 7) is 4.24. The molecule has 0 bridgehead atoms. The lowest BCUT2D eigenvalue weighted by molar-refractivity contribution is -0.134. The lowest BCUT2D eigenvalue weighted by Crippen LogP contribution is -2.54. The number of anilines is 2. The summed E-state index contributed by atoms with van der Waals surface area (Å²) < 4.78 is 5.05. The molecule has 8 nitrogen and oxygen atoms in total. The Morgan fingerprint density at radius 2 is 2.06 bits per heavy atom. The number of hydrogen-bond donors (Lipinski definition) is 0. The van der Waals surface area contributed by atoms with Gasteiger partial charge in [-0.05, 0) is 49.4 Å². The van der Waals surface area contributed by atoms with Gasteiger partial charge in [0, 0.05) is 57.0 Å². The molecule has 2 aromatic rings. The lowest BCUT2D eigenvalue weighted by Gasteiger charge is -2.41. The summed E-state index contributed by atoms with van der Waals surface area (Å²) in [5, 5.41) is 10.0. The number of amides is 2. The third-order valence-electron chi connectivity index (χ3n) is 6.86. The Balaban J connectivity index is 1.65. The van der Waals surface area contributed by atoms with Gasteiger partial charge in [-0.1, -0.05) is 12.1 Å². The molecule has 2 fully saturated rings. The van der Waals surface area contributed by atoms with Crippen LogP contribution in [0.25, 0.3) is 11.1 Å². The zero-order valence-corrected chi connectivity index (χ0v) is 21.0. The second-order valence-corrected chi connectivity index (χ2v) is 9.36. The topological polar surface area (TPSA) is 89.8 Å². The van der Waals surface area contributed by atoms with Crippen LogP contribution in [0.5, 0.6) is 0 Å². The zero-order valence-electron chi connectivity index (χ0n) is 21.0. The molecule has 2 heterocycles. The van der Waals surface area contributed by atoms with E-state index in [2.05, 4.69) is 16.9 Å². The lowest BCUT2D eigenvalue weighted by atomic mass is 9.98. The van der Waals surface area contributed by atoms with Crippen molar-refractivity contribution in [1.82, 2.24) is 9.88 Å². The molecule has 1 aliphatic carbocycles. The smallest absolute Gasteiger partial charge is 0.302 e. The SMILES string of the molecule is C#CC(=O)N(C)c1cccc(-c2cc(C#N)c(N3CCN(C(=O)CCOC)C(C)C3)nc2C2CC2)c1. The monoisotopic (exact) mass is 485 g/mol. The molecule has 36 heavy (non-hydrogen) atoms. The van der Waals surface area contributed by atoms with Crippen LogP contribution in [0.4, 0.5) is 11.5 Å². The first kappa shape index (κ1) is 25.2. The molecule has 4 rings (SSSR count). The van der Waals surface area contributed by atoms with Gasteiger partial charge in [0.2, 0.25) is 5.91 Å². The number of rotatable bonds is 7. The number of ether oxygens (including phenoxy) is 1. The molecule has 0 radical (unpaired) electrons. The van der Waals surface area contributed by atoms with Crippen molar-refractivity contribution in [3.05, 3.63) is 41.6 Å². The van der Waals surface area contributed by atoms with Crippen molar-refractivity contribution < 1.29 is 14.3 Å². The molecule has 2 aliphatic rings. The van der Waals surface area contributed by atoms with Gasteiger partial charge in [-0.15, -0.1) is 6.42 Å². The van der Waals surface area contributed by atoms with Gasteiger partial charge >= 0.3 is 5.91 Å². The quantitative estimate of drug-likeness (QED) is 0.560. The first-order valence-electron chi connectivity index (χ1n) is 12.2. The fraction of sp³-hybridized carbons (Fsp3) is 0.429. The van der Waals surface area contributed by atoms with Gasteiger partial charge in [0.05, 0.1) is 24.3 Å². The molecule has 1 atom stereocenters. The van der Waals surface area contributed by atoms with Crippen molar-refractivity contribution in [2.75, 3.05) is 50.2 Å². The first-order valence-corrected chi connectivity index (χ1v) is 12.2. The number of nitrogens with zero attached hydrogens (tertiary/aromatic N) is 5. The van der Waals surface area contributed by atoms with E-state index in [4.69, 9.17) is 16.1 Å². The predicted molar refractivity (Wildman–Crippen MR) is 138 cm³/mol. The van der Waals surface area contributed by atoms with Gasteiger partial charge in [0.15, 0.2) is 0 Å². The summed E-state index contributed by atoms with van der Waals surface area (Å²) in [6, 6.07) is 11.8. The van der Waals surface area contributed by atoms with Crippen LogP contribution in [0.2, 0.25) is 0 Å². The minimum absolute atomic E-state index is 0.00131. The molecule has 2 amide bonds. The van der Waals surface area contributed by atoms with Crippen LogP contribution in [-0.2, 0) is 14.3 Å². The van der Waals surface area contributed by atoms with E-state index in [9.17, 15) is 14.9 Å². The molecule has 1 saturated carbocycles. The number of terminal acetylenes is 1. The number of hydrogen-bond acceptors (Lipinski definition) is 6. The Morgan fingerprint density at radius 1 is 1.28 bits per heavy atom. The molecule has 1 saturated heterocycles. The number of methoxy groups -OCH3 is 1. The Morgan fingerprint density at radius 3 is 2.69 bits per heavy atom. The summed E-state index contributed by atoms with van der Waals surface area (Å²) in [6.07, 6.45) is 7.77. The van der Waals surface area contributed by atoms with Crippen LogP contribution in [0.15, 0.2) is 30.3 Å². The highest BCUT2D eigenvalue weighted by molar-refractivity contribution is 6.05. The van der Waals surface area contributed by atoms with Crippen LogP contribution in [0.3, 0.4) is 0 Å². The minimum atomic E-state index is -0.422. The molecule has 1 aromatic heterocycles. The highest BCUT2D eigenvalue weighted by Gasteiger charge is 2.33. The maximum absolute atomic E-state index is 12.5. The summed E-state index contributed by atoms with van der Waals surface area (Å²) in [4.78, 5) is 35.0. The van der Waals surface area contributed by atoms with E-state index in [-0.39, 0.29) is 11.9 Å². The fourth-order valence-electron chi connectivity index (χ4n) is 4.69. The van der Waals surface area contributed by atoms with Crippen molar-refractivity contribution in [3.8, 4) is 29.5 Å². The van der Waals surface area contributed by atoms with E-state index >= 15 is 0 Å². The molecule has 0 N–H and O–H groups in total. The number of carbonyl (C=O) groups is 2. The molecular formula is C28H31N5O3. The molecule has 1 unspecified atom stereocenters. The summed E-state index contributed by atoms with van der Waals surface area (Å²) >= 11 is 0. The van der Waals surface area contributed by atoms with Gasteiger partial charge in [-0.3, -0.25) is 9.59 Å². The predicted octanol–water partition coefficient (Wildman–Crippen LogP) is 3.17. The van der Waals surface area contributed by atoms with E-state index in [0.29, 0.717) is 55.6 Å². The van der Waals surface area contributed by atoms with Gasteiger partial charge in [0.25, 0.3) is 0 Å². The Bertz CT molecular complexity index is 1240. The van der Waals surface area contributed by atoms with Crippen LogP contribution >= 0.6 is 0 Å². The highest BCUT2D eigenvalue weighted by atomic mass is 16.5. The number of piperazine rings is 1. The zero-order chi connectivity index (χ0) is 25.8. The van der Waals surface area contributed by atoms with Crippen molar-refractivity contribution >= 4 is 23.3 Å². The summed E-state index contributed by atoms with van der Waals surface area (Å²) in [5.41, 5.74) is 3.95. The molecule has 186 valence electrons. The molecule has 0 spiro atoms. The number of carbonyl (C=O) groups excluding carboxylic acids is 2. The van der Waals surface area contributed by atoms with Crippen molar-refractivity contribution in [1.29, 1.82) is 5.26 Å². The molecular weight excluding hydrogens is 454 g/mol. The average Bonchev–Trinajstić information content (AvgIpc) is 3.75. The maximum atomic E-state index is 12.5. The standard InChI is InChI=1S/C28H31N5O3/c1-5-25(34)31(3)23-8-6-7-21(15-23)24-16-22(17-29)28(30-27(24)20-9-10-20)32-12-13-33(19(2)18-32)26(35)11-14-36-4/h1,6-8,15-16,19-20H,9-14,18H2,2-4H3. The van der Waals surface area contributed by atoms with E-state index in [1.807, 2.05) is 42.2 Å².